The maximum Gasteiger partial charge on any atom is 0.407 e. The number of carbonyl (C=O) groups is 2. The highest BCUT2D eigenvalue weighted by atomic mass is 35.5. The van der Waals surface area contributed by atoms with E-state index >= 15 is 0 Å². The second-order valence-corrected chi connectivity index (χ2v) is 11.3. The molecule has 0 unspecified atom stereocenters. The summed E-state index contributed by atoms with van der Waals surface area (Å²) in [5.74, 6) is 0.204. The highest BCUT2D eigenvalue weighted by molar-refractivity contribution is 6.33. The summed E-state index contributed by atoms with van der Waals surface area (Å²) in [5, 5.41) is 17.7. The van der Waals surface area contributed by atoms with Gasteiger partial charge < -0.3 is 25.6 Å². The van der Waals surface area contributed by atoms with Crippen molar-refractivity contribution >= 4 is 46.1 Å². The van der Waals surface area contributed by atoms with Crippen LogP contribution in [0, 0.1) is 0 Å². The molecule has 2 amide bonds. The van der Waals surface area contributed by atoms with Gasteiger partial charge in [-0.3, -0.25) is 14.7 Å². The average molecular weight is 603 g/mol. The fourth-order valence-electron chi connectivity index (χ4n) is 5.33. The molecular weight excluding hydrogens is 568 g/mol. The highest BCUT2D eigenvalue weighted by Crippen LogP contribution is 2.33. The number of likely N-dealkylation sites (N-methyl/N-ethyl adjacent to an activating group) is 1. The van der Waals surface area contributed by atoms with E-state index in [1.165, 1.54) is 11.0 Å². The van der Waals surface area contributed by atoms with Gasteiger partial charge in [-0.1, -0.05) is 35.9 Å². The minimum atomic E-state index is -1.000. The molecule has 4 aromatic rings. The Balaban J connectivity index is 1.22. The van der Waals surface area contributed by atoms with Gasteiger partial charge in [-0.25, -0.2) is 14.8 Å². The van der Waals surface area contributed by atoms with E-state index in [0.717, 1.165) is 35.7 Å². The zero-order chi connectivity index (χ0) is 30.3. The molecule has 0 radical (unpaired) electrons. The third kappa shape index (κ3) is 7.68. The normalized spacial score (nSPS) is 16.9. The van der Waals surface area contributed by atoms with E-state index in [4.69, 9.17) is 16.6 Å². The summed E-state index contributed by atoms with van der Waals surface area (Å²) in [7, 11) is 3.84. The topological polar surface area (TPSA) is 139 Å². The van der Waals surface area contributed by atoms with Crippen LogP contribution >= 0.6 is 11.6 Å². The zero-order valence-electron chi connectivity index (χ0n) is 24.1. The molecule has 0 saturated heterocycles. The Hall–Kier alpha value is -4.48. The third-order valence-electron chi connectivity index (χ3n) is 7.42. The number of aromatic nitrogens is 4. The highest BCUT2D eigenvalue weighted by Gasteiger charge is 2.30. The maximum atomic E-state index is 12.3. The van der Waals surface area contributed by atoms with Gasteiger partial charge in [-0.15, -0.1) is 0 Å². The molecule has 1 aromatic carbocycles. The molecule has 3 heterocycles. The lowest BCUT2D eigenvalue weighted by Gasteiger charge is -2.36. The molecule has 12 heteroatoms. The number of carboxylic acid groups (broad SMARTS) is 1. The van der Waals surface area contributed by atoms with E-state index in [2.05, 4.69) is 25.6 Å². The Labute approximate surface area is 255 Å². The Morgan fingerprint density at radius 2 is 1.98 bits per heavy atom. The molecular formula is C31H35ClN8O3. The van der Waals surface area contributed by atoms with Gasteiger partial charge in [0.25, 0.3) is 0 Å². The smallest absolute Gasteiger partial charge is 0.407 e. The fourth-order valence-corrected chi connectivity index (χ4v) is 5.52. The Bertz CT molecular complexity index is 1600. The average Bonchev–Trinajstić information content (AvgIpc) is 3.41. The van der Waals surface area contributed by atoms with Gasteiger partial charge >= 0.3 is 6.09 Å². The number of rotatable bonds is 10. The van der Waals surface area contributed by atoms with Crippen LogP contribution in [0.5, 0.6) is 0 Å². The molecule has 1 saturated carbocycles. The van der Waals surface area contributed by atoms with Crippen molar-refractivity contribution < 1.29 is 14.7 Å². The molecule has 11 nitrogen and oxygen atoms in total. The lowest BCUT2D eigenvalue weighted by atomic mass is 9.90. The number of anilines is 2. The predicted molar refractivity (Wildman–Crippen MR) is 168 cm³/mol. The lowest BCUT2D eigenvalue weighted by molar-refractivity contribution is -0.111. The van der Waals surface area contributed by atoms with Crippen molar-refractivity contribution in [1.29, 1.82) is 0 Å². The van der Waals surface area contributed by atoms with Crippen molar-refractivity contribution in [1.82, 2.24) is 29.7 Å². The monoisotopic (exact) mass is 602 g/mol. The Morgan fingerprint density at radius 1 is 1.14 bits per heavy atom. The van der Waals surface area contributed by atoms with Gasteiger partial charge in [0.1, 0.15) is 0 Å². The van der Waals surface area contributed by atoms with Crippen LogP contribution in [0.25, 0.3) is 22.2 Å². The summed E-state index contributed by atoms with van der Waals surface area (Å²) in [6.45, 7) is 0.803. The first-order valence-electron chi connectivity index (χ1n) is 14.2. The van der Waals surface area contributed by atoms with Gasteiger partial charge in [0, 0.05) is 47.4 Å². The number of amides is 2. The number of benzene rings is 1. The van der Waals surface area contributed by atoms with Gasteiger partial charge in [0.15, 0.2) is 0 Å². The largest absolute Gasteiger partial charge is 0.465 e. The molecule has 5 rings (SSSR count). The Kier molecular flexibility index (Phi) is 9.53. The van der Waals surface area contributed by atoms with Gasteiger partial charge in [0.2, 0.25) is 11.9 Å². The molecule has 2 atom stereocenters. The summed E-state index contributed by atoms with van der Waals surface area (Å²) in [4.78, 5) is 44.6. The number of nitrogens with zero attached hydrogens (tertiary/aromatic N) is 5. The molecule has 4 N–H and O–H groups in total. The number of nitrogens with one attached hydrogen (secondary N) is 3. The molecule has 43 heavy (non-hydrogen) atoms. The molecule has 0 bridgehead atoms. The third-order valence-corrected chi connectivity index (χ3v) is 7.70. The summed E-state index contributed by atoms with van der Waals surface area (Å²) in [5.41, 5.74) is 3.66. The molecule has 1 fully saturated rings. The quantitative estimate of drug-likeness (QED) is 0.171. The number of H-pyrrole nitrogens is 1. The van der Waals surface area contributed by atoms with E-state index in [1.54, 1.807) is 30.6 Å². The minimum Gasteiger partial charge on any atom is -0.465 e. The number of hydrogen-bond acceptors (Lipinski definition) is 7. The second kappa shape index (κ2) is 13.7. The van der Waals surface area contributed by atoms with Gasteiger partial charge in [-0.2, -0.15) is 0 Å². The van der Waals surface area contributed by atoms with Gasteiger partial charge in [-0.05, 0) is 58.0 Å². The predicted octanol–water partition coefficient (Wildman–Crippen LogP) is 5.63. The number of hydrogen-bond donors (Lipinski definition) is 4. The summed E-state index contributed by atoms with van der Waals surface area (Å²) >= 11 is 6.50. The zero-order valence-corrected chi connectivity index (χ0v) is 24.9. The fraction of sp³-hybridized carbons (Fsp3) is 0.323. The number of aromatic amines is 1. The molecule has 3 aromatic heterocycles. The van der Waals surface area contributed by atoms with E-state index in [1.807, 2.05) is 49.5 Å². The summed E-state index contributed by atoms with van der Waals surface area (Å²) in [6, 6.07) is 11.2. The van der Waals surface area contributed by atoms with E-state index in [0.29, 0.717) is 41.0 Å². The van der Waals surface area contributed by atoms with Crippen molar-refractivity contribution in [2.24, 2.45) is 0 Å². The van der Waals surface area contributed by atoms with Crippen LogP contribution in [0.2, 0.25) is 5.02 Å². The van der Waals surface area contributed by atoms with Crippen LogP contribution in [0.4, 0.5) is 16.4 Å². The first-order valence-corrected chi connectivity index (χ1v) is 14.6. The second-order valence-electron chi connectivity index (χ2n) is 10.9. The van der Waals surface area contributed by atoms with Crippen LogP contribution < -0.4 is 10.6 Å². The molecule has 0 spiro atoms. The molecule has 1 aliphatic carbocycles. The van der Waals surface area contributed by atoms with E-state index in [-0.39, 0.29) is 24.5 Å². The molecule has 1 aliphatic rings. The molecule has 224 valence electrons. The Morgan fingerprint density at radius 3 is 2.74 bits per heavy atom. The number of carbonyl (C=O) groups excluding carboxylic acids is 1. The first kappa shape index (κ1) is 30.0. The lowest BCUT2D eigenvalue weighted by Crippen LogP contribution is -2.44. The maximum absolute atomic E-state index is 12.3. The minimum absolute atomic E-state index is 0.0105. The van der Waals surface area contributed by atoms with Crippen LogP contribution in [0.3, 0.4) is 0 Å². The summed E-state index contributed by atoms with van der Waals surface area (Å²) in [6.07, 6.45) is 10.4. The van der Waals surface area contributed by atoms with Crippen molar-refractivity contribution in [3.05, 3.63) is 77.9 Å². The van der Waals surface area contributed by atoms with Crippen molar-refractivity contribution in [3.63, 3.8) is 0 Å². The van der Waals surface area contributed by atoms with Gasteiger partial charge in [0.05, 0.1) is 41.0 Å². The van der Waals surface area contributed by atoms with Crippen molar-refractivity contribution in [2.75, 3.05) is 31.3 Å². The summed E-state index contributed by atoms with van der Waals surface area (Å²) < 4.78 is 0. The number of para-hydroxylation sites is 1. The first-order chi connectivity index (χ1) is 20.8. The van der Waals surface area contributed by atoms with E-state index in [9.17, 15) is 14.7 Å². The number of fused-ring (bicyclic) bond motifs is 1. The van der Waals surface area contributed by atoms with E-state index < -0.39 is 6.09 Å². The van der Waals surface area contributed by atoms with Crippen LogP contribution in [-0.4, -0.2) is 79.6 Å². The standard InChI is InChI=1S/C31H35ClN8O3/c1-39(2)14-6-11-28(41)36-21-12-13-22(33-16-21)19-40(31(42)43)23-8-5-7-20(15-23)37-30-35-18-26(32)29(38-30)25-17-34-27-10-4-3-9-24(25)27/h3-4,6,9-13,16-18,20,23,34H,5,7-8,14-15,19H2,1-2H3,(H,36,41)(H,42,43)(H,35,37,38)/b11-6+/t20-,23-/m1/s1. The number of halogens is 1. The van der Waals surface area contributed by atoms with Crippen LogP contribution in [0.1, 0.15) is 31.4 Å². The van der Waals surface area contributed by atoms with Crippen LogP contribution in [0.15, 0.2) is 67.1 Å². The van der Waals surface area contributed by atoms with Crippen molar-refractivity contribution in [3.8, 4) is 11.3 Å². The molecule has 0 aliphatic heterocycles. The SMILES string of the molecule is CN(C)C/C=C/C(=O)Nc1ccc(CN(C(=O)O)[C@@H]2CCC[C@@H](Nc3ncc(Cl)c(-c4c[nH]c5ccccc45)n3)C2)nc1. The van der Waals surface area contributed by atoms with Crippen LogP contribution in [-0.2, 0) is 11.3 Å². The van der Waals surface area contributed by atoms with Crippen molar-refractivity contribution in [2.45, 2.75) is 44.3 Å². The number of pyridine rings is 1.